The Morgan fingerprint density at radius 2 is 2.05 bits per heavy atom. The molecule has 1 aromatic carbocycles. The van der Waals surface area contributed by atoms with Crippen LogP contribution in [-0.4, -0.2) is 41.7 Å². The van der Waals surface area contributed by atoms with Crippen molar-refractivity contribution in [3.05, 3.63) is 34.3 Å². The number of hydrogen-bond acceptors (Lipinski definition) is 4. The number of fused-ring (bicyclic) bond motifs is 1. The summed E-state index contributed by atoms with van der Waals surface area (Å²) < 4.78 is 11.7. The standard InChI is InChI=1S/C14H16N2O4/c1-15-11-8-10(2-3-12(11)20-14(15)18)9-13(17)16-4-6-19-7-5-16/h2-3,8H,4-7,9H2,1H3. The third-order valence-corrected chi connectivity index (χ3v) is 3.57. The molecule has 0 spiro atoms. The van der Waals surface area contributed by atoms with Gasteiger partial charge in [0.25, 0.3) is 0 Å². The molecule has 106 valence electrons. The van der Waals surface area contributed by atoms with Crippen molar-refractivity contribution in [1.29, 1.82) is 0 Å². The van der Waals surface area contributed by atoms with E-state index >= 15 is 0 Å². The summed E-state index contributed by atoms with van der Waals surface area (Å²) in [6, 6.07) is 5.39. The molecule has 0 unspecified atom stereocenters. The smallest absolute Gasteiger partial charge is 0.408 e. The van der Waals surface area contributed by atoms with Crippen molar-refractivity contribution in [3.8, 4) is 0 Å². The van der Waals surface area contributed by atoms with Crippen molar-refractivity contribution in [1.82, 2.24) is 9.47 Å². The zero-order valence-electron chi connectivity index (χ0n) is 11.3. The molecule has 1 fully saturated rings. The predicted molar refractivity (Wildman–Crippen MR) is 72.6 cm³/mol. The van der Waals surface area contributed by atoms with Crippen LogP contribution < -0.4 is 5.76 Å². The number of ether oxygens (including phenoxy) is 1. The van der Waals surface area contributed by atoms with Gasteiger partial charge in [-0.2, -0.15) is 0 Å². The van der Waals surface area contributed by atoms with E-state index in [1.54, 1.807) is 13.1 Å². The van der Waals surface area contributed by atoms with E-state index in [0.29, 0.717) is 43.8 Å². The average molecular weight is 276 g/mol. The fourth-order valence-corrected chi connectivity index (χ4v) is 2.38. The minimum atomic E-state index is -0.392. The first-order chi connectivity index (χ1) is 9.65. The molecule has 0 aliphatic carbocycles. The Bertz CT molecular complexity index is 695. The van der Waals surface area contributed by atoms with Gasteiger partial charge in [0.15, 0.2) is 5.58 Å². The summed E-state index contributed by atoms with van der Waals surface area (Å²) in [7, 11) is 1.65. The lowest BCUT2D eigenvalue weighted by atomic mass is 10.1. The number of nitrogens with zero attached hydrogens (tertiary/aromatic N) is 2. The van der Waals surface area contributed by atoms with Crippen LogP contribution in [0.1, 0.15) is 5.56 Å². The van der Waals surface area contributed by atoms with Crippen molar-refractivity contribution in [2.24, 2.45) is 7.05 Å². The fraction of sp³-hybridized carbons (Fsp3) is 0.429. The van der Waals surface area contributed by atoms with Crippen LogP contribution in [0.4, 0.5) is 0 Å². The van der Waals surface area contributed by atoms with E-state index in [0.717, 1.165) is 5.56 Å². The molecule has 1 saturated heterocycles. The normalized spacial score (nSPS) is 15.8. The molecule has 3 rings (SSSR count). The Labute approximate surface area is 115 Å². The molecule has 1 aliphatic heterocycles. The van der Waals surface area contributed by atoms with Crippen molar-refractivity contribution in [2.75, 3.05) is 26.3 Å². The van der Waals surface area contributed by atoms with Gasteiger partial charge in [-0.05, 0) is 17.7 Å². The molecule has 1 aromatic heterocycles. The zero-order valence-corrected chi connectivity index (χ0v) is 11.3. The Morgan fingerprint density at radius 3 is 2.80 bits per heavy atom. The molecule has 20 heavy (non-hydrogen) atoms. The van der Waals surface area contributed by atoms with Crippen LogP contribution in [0.2, 0.25) is 0 Å². The van der Waals surface area contributed by atoms with Crippen LogP contribution in [0.3, 0.4) is 0 Å². The third-order valence-electron chi connectivity index (χ3n) is 3.57. The molecular weight excluding hydrogens is 260 g/mol. The van der Waals surface area contributed by atoms with Gasteiger partial charge in [-0.3, -0.25) is 9.36 Å². The number of aryl methyl sites for hydroxylation is 1. The van der Waals surface area contributed by atoms with Gasteiger partial charge in [0.2, 0.25) is 5.91 Å². The summed E-state index contributed by atoms with van der Waals surface area (Å²) >= 11 is 0. The van der Waals surface area contributed by atoms with E-state index in [2.05, 4.69) is 0 Å². The van der Waals surface area contributed by atoms with E-state index in [9.17, 15) is 9.59 Å². The van der Waals surface area contributed by atoms with Gasteiger partial charge in [-0.1, -0.05) is 6.07 Å². The number of morpholine rings is 1. The predicted octanol–water partition coefficient (Wildman–Crippen LogP) is 0.533. The molecule has 1 amide bonds. The summed E-state index contributed by atoms with van der Waals surface area (Å²) in [5.74, 6) is -0.308. The van der Waals surface area contributed by atoms with Gasteiger partial charge in [0.05, 0.1) is 25.2 Å². The number of oxazole rings is 1. The van der Waals surface area contributed by atoms with Crippen LogP contribution in [0.15, 0.2) is 27.4 Å². The van der Waals surface area contributed by atoms with Crippen LogP contribution in [0.5, 0.6) is 0 Å². The van der Waals surface area contributed by atoms with Crippen LogP contribution in [0, 0.1) is 0 Å². The molecular formula is C14H16N2O4. The molecule has 0 saturated carbocycles. The molecule has 0 atom stereocenters. The number of hydrogen-bond donors (Lipinski definition) is 0. The lowest BCUT2D eigenvalue weighted by Crippen LogP contribution is -2.41. The summed E-state index contributed by atoms with van der Waals surface area (Å²) in [4.78, 5) is 25.4. The van der Waals surface area contributed by atoms with E-state index in [1.807, 2.05) is 17.0 Å². The van der Waals surface area contributed by atoms with Crippen molar-refractivity contribution in [2.45, 2.75) is 6.42 Å². The zero-order chi connectivity index (χ0) is 14.1. The van der Waals surface area contributed by atoms with Crippen molar-refractivity contribution in [3.63, 3.8) is 0 Å². The largest absolute Gasteiger partial charge is 0.419 e. The molecule has 0 N–H and O–H groups in total. The van der Waals surface area contributed by atoms with Gasteiger partial charge in [0, 0.05) is 20.1 Å². The highest BCUT2D eigenvalue weighted by atomic mass is 16.5. The Balaban J connectivity index is 1.81. The van der Waals surface area contributed by atoms with Crippen LogP contribution in [0.25, 0.3) is 11.1 Å². The topological polar surface area (TPSA) is 64.7 Å². The molecule has 1 aliphatic rings. The second kappa shape index (κ2) is 5.13. The Hall–Kier alpha value is -2.08. The number of carbonyl (C=O) groups is 1. The maximum Gasteiger partial charge on any atom is 0.419 e. The second-order valence-electron chi connectivity index (χ2n) is 4.90. The second-order valence-corrected chi connectivity index (χ2v) is 4.90. The Kier molecular flexibility index (Phi) is 3.31. The van der Waals surface area contributed by atoms with Gasteiger partial charge in [0.1, 0.15) is 0 Å². The first-order valence-corrected chi connectivity index (χ1v) is 6.59. The summed E-state index contributed by atoms with van der Waals surface area (Å²) in [6.45, 7) is 2.48. The monoisotopic (exact) mass is 276 g/mol. The van der Waals surface area contributed by atoms with Gasteiger partial charge < -0.3 is 14.1 Å². The molecule has 2 heterocycles. The van der Waals surface area contributed by atoms with Gasteiger partial charge >= 0.3 is 5.76 Å². The minimum absolute atomic E-state index is 0.0844. The maximum absolute atomic E-state index is 12.2. The van der Waals surface area contributed by atoms with Crippen LogP contribution >= 0.6 is 0 Å². The van der Waals surface area contributed by atoms with E-state index in [-0.39, 0.29) is 5.91 Å². The number of amides is 1. The fourth-order valence-electron chi connectivity index (χ4n) is 2.38. The molecule has 0 bridgehead atoms. The van der Waals surface area contributed by atoms with E-state index in [1.165, 1.54) is 4.57 Å². The SMILES string of the molecule is Cn1c(=O)oc2ccc(CC(=O)N3CCOCC3)cc21. The Morgan fingerprint density at radius 1 is 1.30 bits per heavy atom. The third kappa shape index (κ3) is 2.34. The number of rotatable bonds is 2. The lowest BCUT2D eigenvalue weighted by molar-refractivity contribution is -0.134. The quantitative estimate of drug-likeness (QED) is 0.802. The first kappa shape index (κ1) is 12.9. The van der Waals surface area contributed by atoms with E-state index < -0.39 is 5.76 Å². The first-order valence-electron chi connectivity index (χ1n) is 6.59. The molecule has 0 radical (unpaired) electrons. The summed E-state index contributed by atoms with van der Waals surface area (Å²) in [5.41, 5.74) is 2.13. The molecule has 6 heteroatoms. The van der Waals surface area contributed by atoms with Gasteiger partial charge in [-0.15, -0.1) is 0 Å². The summed E-state index contributed by atoms with van der Waals surface area (Å²) in [6.07, 6.45) is 0.329. The van der Waals surface area contributed by atoms with Crippen molar-refractivity contribution < 1.29 is 13.9 Å². The molecule has 6 nitrogen and oxygen atoms in total. The lowest BCUT2D eigenvalue weighted by Gasteiger charge is -2.26. The van der Waals surface area contributed by atoms with Crippen molar-refractivity contribution >= 4 is 17.0 Å². The number of aromatic nitrogens is 1. The number of carbonyl (C=O) groups excluding carboxylic acids is 1. The summed E-state index contributed by atoms with van der Waals surface area (Å²) in [5, 5.41) is 0. The molecule has 2 aromatic rings. The highest BCUT2D eigenvalue weighted by molar-refractivity contribution is 5.81. The van der Waals surface area contributed by atoms with Crippen LogP contribution in [-0.2, 0) is 23.0 Å². The van der Waals surface area contributed by atoms with Gasteiger partial charge in [-0.25, -0.2) is 4.79 Å². The van der Waals surface area contributed by atoms with E-state index in [4.69, 9.17) is 9.15 Å². The maximum atomic E-state index is 12.2. The number of benzene rings is 1. The highest BCUT2D eigenvalue weighted by Gasteiger charge is 2.17. The highest BCUT2D eigenvalue weighted by Crippen LogP contribution is 2.15. The minimum Gasteiger partial charge on any atom is -0.408 e. The average Bonchev–Trinajstić information content (AvgIpc) is 2.75.